The third-order valence-electron chi connectivity index (χ3n) is 14.4. The maximum Gasteiger partial charge on any atom is 0.410 e. The molecule has 9 rings (SSSR count). The number of imide groups is 1. The Morgan fingerprint density at radius 3 is 2.50 bits per heavy atom. The molecule has 3 fully saturated rings. The zero-order chi connectivity index (χ0) is 50.7. The van der Waals surface area contributed by atoms with Crippen LogP contribution in [-0.2, 0) is 30.4 Å². The van der Waals surface area contributed by atoms with Crippen molar-refractivity contribution < 1.29 is 38.2 Å². The zero-order valence-corrected chi connectivity index (χ0v) is 42.1. The molecule has 2 aromatic heterocycles. The number of hydrogen-bond donors (Lipinski definition) is 2. The largest absolute Gasteiger partial charge is 0.495 e. The highest BCUT2D eigenvalue weighted by Gasteiger charge is 2.42. The summed E-state index contributed by atoms with van der Waals surface area (Å²) in [5.74, 6) is 7.18. The van der Waals surface area contributed by atoms with E-state index >= 15 is 0 Å². The van der Waals surface area contributed by atoms with Crippen LogP contribution in [0.25, 0.3) is 11.3 Å². The van der Waals surface area contributed by atoms with Gasteiger partial charge in [-0.05, 0) is 108 Å². The van der Waals surface area contributed by atoms with E-state index in [0.29, 0.717) is 79.9 Å². The predicted octanol–water partition coefficient (Wildman–Crippen LogP) is 6.93. The summed E-state index contributed by atoms with van der Waals surface area (Å²) in [4.78, 5) is 80.9. The Bertz CT molecular complexity index is 2760. The zero-order valence-electron chi connectivity index (χ0n) is 42.1. The average molecular weight is 984 g/mol. The van der Waals surface area contributed by atoms with E-state index in [1.165, 1.54) is 4.90 Å². The first-order valence-electron chi connectivity index (χ1n) is 25.3. The van der Waals surface area contributed by atoms with Crippen LogP contribution < -0.4 is 25.2 Å². The molecule has 72 heavy (non-hydrogen) atoms. The lowest BCUT2D eigenvalue weighted by Gasteiger charge is -2.43. The van der Waals surface area contributed by atoms with Crippen molar-refractivity contribution in [3.8, 4) is 28.8 Å². The number of likely N-dealkylation sites (N-methyl/N-ethyl adjacent to an activating group) is 1. The second-order valence-corrected chi connectivity index (χ2v) is 20.3. The Hall–Kier alpha value is -7.07. The molecule has 5 amide bonds. The first kappa shape index (κ1) is 49.9. The van der Waals surface area contributed by atoms with Crippen molar-refractivity contribution in [3.05, 3.63) is 65.5 Å². The lowest BCUT2D eigenvalue weighted by atomic mass is 9.90. The average Bonchev–Trinajstić information content (AvgIpc) is 4.15. The third kappa shape index (κ3) is 10.7. The maximum absolute atomic E-state index is 13.6. The number of carbonyl (C=O) groups excluding carboxylic acids is 5. The molecule has 2 saturated carbocycles. The number of hydrogen-bond acceptors (Lipinski definition) is 14. The van der Waals surface area contributed by atoms with Gasteiger partial charge in [0, 0.05) is 61.8 Å². The molecule has 2 aliphatic carbocycles. The molecule has 2 aromatic carbocycles. The number of aromatic nitrogens is 5. The van der Waals surface area contributed by atoms with E-state index < -0.39 is 17.6 Å². The van der Waals surface area contributed by atoms with Crippen LogP contribution in [0.15, 0.2) is 48.8 Å². The Balaban J connectivity index is 0.778. The normalized spacial score (nSPS) is 21.2. The van der Waals surface area contributed by atoms with Gasteiger partial charge in [-0.25, -0.2) is 14.5 Å². The van der Waals surface area contributed by atoms with Gasteiger partial charge in [0.05, 0.1) is 44.4 Å². The summed E-state index contributed by atoms with van der Waals surface area (Å²) in [6, 6.07) is 10.6. The number of carbonyl (C=O) groups is 5. The Labute approximate surface area is 420 Å². The summed E-state index contributed by atoms with van der Waals surface area (Å²) in [7, 11) is 3.42. The second kappa shape index (κ2) is 21.3. The summed E-state index contributed by atoms with van der Waals surface area (Å²) in [6.07, 6.45) is 12.5. The van der Waals surface area contributed by atoms with Gasteiger partial charge >= 0.3 is 6.09 Å². The van der Waals surface area contributed by atoms with Crippen molar-refractivity contribution in [2.24, 2.45) is 0 Å². The third-order valence-corrected chi connectivity index (χ3v) is 14.4. The fraction of sp³-hybridized carbons (Fsp3) is 0.528. The topological polar surface area (TPSA) is 207 Å². The fourth-order valence-electron chi connectivity index (χ4n) is 10.7. The number of nitrogens with zero attached hydrogens (tertiary/aromatic N) is 9. The molecular formula is C53H65N11O8. The molecule has 19 heteroatoms. The van der Waals surface area contributed by atoms with Crippen LogP contribution in [0.4, 0.5) is 27.9 Å². The first-order valence-corrected chi connectivity index (χ1v) is 25.3. The summed E-state index contributed by atoms with van der Waals surface area (Å²) in [5, 5.41) is 14.8. The highest BCUT2D eigenvalue weighted by molar-refractivity contribution is 6.06. The highest BCUT2D eigenvalue weighted by Crippen LogP contribution is 2.41. The number of amides is 5. The smallest absolute Gasteiger partial charge is 0.410 e. The minimum atomic E-state index is -0.665. The number of methoxy groups -OCH3 is 1. The molecule has 0 bridgehead atoms. The summed E-state index contributed by atoms with van der Waals surface area (Å²) < 4.78 is 19.6. The molecule has 380 valence electrons. The van der Waals surface area contributed by atoms with Gasteiger partial charge in [-0.15, -0.1) is 5.10 Å². The number of nitrogens with one attached hydrogen (secondary N) is 2. The lowest BCUT2D eigenvalue weighted by molar-refractivity contribution is -0.137. The molecule has 5 aliphatic rings. The minimum absolute atomic E-state index is 0.0363. The van der Waals surface area contributed by atoms with Crippen molar-refractivity contribution >= 4 is 52.9 Å². The highest BCUT2D eigenvalue weighted by atomic mass is 16.6. The van der Waals surface area contributed by atoms with E-state index in [-0.39, 0.29) is 54.4 Å². The van der Waals surface area contributed by atoms with Gasteiger partial charge in [0.15, 0.2) is 5.82 Å². The molecule has 19 nitrogen and oxygen atoms in total. The van der Waals surface area contributed by atoms with Crippen molar-refractivity contribution in [2.75, 3.05) is 49.0 Å². The number of anilines is 4. The number of fused-ring (bicyclic) bond motifs is 2. The quantitative estimate of drug-likeness (QED) is 0.0747. The van der Waals surface area contributed by atoms with Crippen molar-refractivity contribution in [1.29, 1.82) is 0 Å². The van der Waals surface area contributed by atoms with E-state index in [4.69, 9.17) is 19.2 Å². The number of ether oxygens (including phenoxy) is 3. The molecule has 5 heterocycles. The second-order valence-electron chi connectivity index (χ2n) is 20.3. The lowest BCUT2D eigenvalue weighted by Crippen LogP contribution is -2.55. The van der Waals surface area contributed by atoms with E-state index in [2.05, 4.69) is 49.6 Å². The van der Waals surface area contributed by atoms with Gasteiger partial charge in [0.25, 0.3) is 5.91 Å². The SMILES string of the molecule is CC[C@@H]1C(=O)N(C)c2cnc(Nc3ccc(-c4cn([C@H]5CC[C@@H](N(CCOCCC#Cc6ccc7c(c6)CN(C6CCC(=O)NC6=O)C7=O)C(=O)OC(C)(C)C)CC5)nn4)cc3OC)nc2N1C1CCCC1. The molecule has 4 aromatic rings. The van der Waals surface area contributed by atoms with Crippen LogP contribution in [0.5, 0.6) is 5.75 Å². The molecule has 3 aliphatic heterocycles. The standard InChI is InChI=1S/C53H65N11O8/c1-7-42-50(68)60(5)44-30-54-51(57-47(44)64(42)38-13-8-9-14-38)55-40-22-16-34(29-45(40)70-6)41-32-63(59-58-41)37-19-17-36(18-20-37)61(52(69)72-53(2,3)4)25-27-71-26-11-10-12-33-15-21-39-35(28-33)31-62(49(39)67)43-23-24-46(65)56-48(43)66/h15-16,21-22,28-30,32,36-38,42-43H,7-9,11,13-14,17-20,23-27,31H2,1-6H3,(H,54,55,57)(H,56,65,66)/t36-,37+,42-,43?/m1/s1. The van der Waals surface area contributed by atoms with Gasteiger partial charge in [-0.2, -0.15) is 4.98 Å². The van der Waals surface area contributed by atoms with E-state index in [9.17, 15) is 24.0 Å². The maximum atomic E-state index is 13.6. The van der Waals surface area contributed by atoms with Crippen LogP contribution in [0, 0.1) is 11.8 Å². The minimum Gasteiger partial charge on any atom is -0.495 e. The number of piperidine rings is 1. The van der Waals surface area contributed by atoms with Gasteiger partial charge in [0.1, 0.15) is 34.8 Å². The molecule has 0 spiro atoms. The van der Waals surface area contributed by atoms with Crippen LogP contribution >= 0.6 is 0 Å². The van der Waals surface area contributed by atoms with Gasteiger partial charge < -0.3 is 39.1 Å². The molecule has 0 radical (unpaired) electrons. The van der Waals surface area contributed by atoms with Crippen molar-refractivity contribution in [3.63, 3.8) is 0 Å². The van der Waals surface area contributed by atoms with Crippen molar-refractivity contribution in [2.45, 2.75) is 147 Å². The Kier molecular flexibility index (Phi) is 14.8. The Morgan fingerprint density at radius 1 is 0.972 bits per heavy atom. The predicted molar refractivity (Wildman–Crippen MR) is 269 cm³/mol. The summed E-state index contributed by atoms with van der Waals surface area (Å²) >= 11 is 0. The van der Waals surface area contributed by atoms with E-state index in [1.54, 1.807) is 42.3 Å². The monoisotopic (exact) mass is 984 g/mol. The van der Waals surface area contributed by atoms with Gasteiger partial charge in [-0.3, -0.25) is 24.5 Å². The van der Waals surface area contributed by atoms with E-state index in [0.717, 1.165) is 73.9 Å². The van der Waals surface area contributed by atoms with Crippen molar-refractivity contribution in [1.82, 2.24) is 40.1 Å². The van der Waals surface area contributed by atoms with Gasteiger partial charge in [0.2, 0.25) is 23.7 Å². The van der Waals surface area contributed by atoms with Crippen LogP contribution in [0.3, 0.4) is 0 Å². The molecular weight excluding hydrogens is 919 g/mol. The number of rotatable bonds is 14. The molecule has 2 N–H and O–H groups in total. The van der Waals surface area contributed by atoms with Gasteiger partial charge in [-0.1, -0.05) is 42.9 Å². The molecule has 2 atom stereocenters. The van der Waals surface area contributed by atoms with E-state index in [1.807, 2.05) is 55.9 Å². The molecule has 1 saturated heterocycles. The fourth-order valence-corrected chi connectivity index (χ4v) is 10.7. The van der Waals surface area contributed by atoms with Crippen LogP contribution in [-0.4, -0.2) is 128 Å². The summed E-state index contributed by atoms with van der Waals surface area (Å²) in [5.41, 5.74) is 4.39. The van der Waals surface area contributed by atoms with Crippen LogP contribution in [0.1, 0.15) is 132 Å². The molecule has 1 unspecified atom stereocenters. The van der Waals surface area contributed by atoms with Crippen LogP contribution in [0.2, 0.25) is 0 Å². The Morgan fingerprint density at radius 2 is 1.76 bits per heavy atom. The summed E-state index contributed by atoms with van der Waals surface area (Å²) in [6.45, 7) is 9.00. The first-order chi connectivity index (χ1) is 34.7. The number of benzene rings is 2.